The van der Waals surface area contributed by atoms with Crippen molar-refractivity contribution in [1.29, 1.82) is 0 Å². The predicted molar refractivity (Wildman–Crippen MR) is 72.6 cm³/mol. The Morgan fingerprint density at radius 1 is 1.12 bits per heavy atom. The molecular formula is C15H19NO. The van der Waals surface area contributed by atoms with Crippen LogP contribution in [-0.2, 0) is 0 Å². The topological polar surface area (TPSA) is 21.3 Å². The van der Waals surface area contributed by atoms with E-state index in [1.807, 2.05) is 20.9 Å². The average molecular weight is 229 g/mol. The van der Waals surface area contributed by atoms with Crippen molar-refractivity contribution >= 4 is 10.8 Å². The molecule has 2 aromatic carbocycles. The largest absolute Gasteiger partial charge is 0.491 e. The van der Waals surface area contributed by atoms with Gasteiger partial charge in [-0.05, 0) is 30.0 Å². The summed E-state index contributed by atoms with van der Waals surface area (Å²) in [6.45, 7) is 4.74. The van der Waals surface area contributed by atoms with Crippen molar-refractivity contribution in [2.45, 2.75) is 19.9 Å². The summed E-state index contributed by atoms with van der Waals surface area (Å²) < 4.78 is 5.65. The van der Waals surface area contributed by atoms with Gasteiger partial charge in [0.2, 0.25) is 0 Å². The number of rotatable bonds is 1. The van der Waals surface area contributed by atoms with Gasteiger partial charge in [0.25, 0.3) is 0 Å². The summed E-state index contributed by atoms with van der Waals surface area (Å²) in [7, 11) is 1.97. The summed E-state index contributed by atoms with van der Waals surface area (Å²) >= 11 is 0. The number of likely N-dealkylation sites (N-methyl/N-ethyl adjacent to an activating group) is 1. The number of nitrogens with one attached hydrogen (secondary N) is 1. The molecule has 0 aliphatic carbocycles. The maximum Gasteiger partial charge on any atom is 0.124 e. The number of ether oxygens (including phenoxy) is 1. The molecule has 1 aliphatic rings. The van der Waals surface area contributed by atoms with Crippen LogP contribution in [0.2, 0.25) is 0 Å². The number of fused-ring (bicyclic) bond motifs is 2. The van der Waals surface area contributed by atoms with E-state index in [1.54, 1.807) is 0 Å². The van der Waals surface area contributed by atoms with Crippen LogP contribution < -0.4 is 10.1 Å². The molecule has 1 atom stereocenters. The maximum atomic E-state index is 5.65. The van der Waals surface area contributed by atoms with Crippen molar-refractivity contribution in [3.05, 3.63) is 42.0 Å². The van der Waals surface area contributed by atoms with Crippen LogP contribution in [0.3, 0.4) is 0 Å². The lowest BCUT2D eigenvalue weighted by Gasteiger charge is -2.07. The summed E-state index contributed by atoms with van der Waals surface area (Å²) in [6.07, 6.45) is 0. The molecule has 2 heteroatoms. The van der Waals surface area contributed by atoms with Gasteiger partial charge in [-0.2, -0.15) is 0 Å². The Kier molecular flexibility index (Phi) is 3.64. The molecule has 0 radical (unpaired) electrons. The fourth-order valence-corrected chi connectivity index (χ4v) is 2.14. The number of benzene rings is 2. The van der Waals surface area contributed by atoms with Crippen LogP contribution in [0.5, 0.6) is 5.75 Å². The Morgan fingerprint density at radius 3 is 2.41 bits per heavy atom. The van der Waals surface area contributed by atoms with E-state index in [0.29, 0.717) is 6.04 Å². The molecule has 0 fully saturated rings. The van der Waals surface area contributed by atoms with E-state index in [1.165, 1.54) is 16.3 Å². The van der Waals surface area contributed by atoms with E-state index in [4.69, 9.17) is 4.74 Å². The minimum Gasteiger partial charge on any atom is -0.491 e. The predicted octanol–water partition coefficient (Wildman–Crippen LogP) is 3.52. The van der Waals surface area contributed by atoms with Gasteiger partial charge in [-0.15, -0.1) is 0 Å². The van der Waals surface area contributed by atoms with Crippen LogP contribution in [0.15, 0.2) is 36.4 Å². The second kappa shape index (κ2) is 5.19. The summed E-state index contributed by atoms with van der Waals surface area (Å²) in [5, 5.41) is 5.78. The molecule has 2 nitrogen and oxygen atoms in total. The normalized spacial score (nSPS) is 17.0. The van der Waals surface area contributed by atoms with Gasteiger partial charge in [-0.25, -0.2) is 0 Å². The zero-order chi connectivity index (χ0) is 12.3. The van der Waals surface area contributed by atoms with E-state index >= 15 is 0 Å². The highest BCUT2D eigenvalue weighted by atomic mass is 16.5. The number of hydrogen-bond donors (Lipinski definition) is 1. The molecule has 0 saturated carbocycles. The van der Waals surface area contributed by atoms with Crippen molar-refractivity contribution < 1.29 is 4.74 Å². The first kappa shape index (κ1) is 11.9. The fourth-order valence-electron chi connectivity index (χ4n) is 2.14. The first-order valence-corrected chi connectivity index (χ1v) is 6.21. The number of hydrogen-bond acceptors (Lipinski definition) is 2. The van der Waals surface area contributed by atoms with E-state index in [-0.39, 0.29) is 0 Å². The first-order valence-electron chi connectivity index (χ1n) is 6.21. The second-order valence-corrected chi connectivity index (χ2v) is 3.89. The molecule has 1 unspecified atom stereocenters. The molecule has 0 spiro atoms. The van der Waals surface area contributed by atoms with Crippen LogP contribution in [0.25, 0.3) is 10.8 Å². The van der Waals surface area contributed by atoms with Gasteiger partial charge < -0.3 is 10.1 Å². The quantitative estimate of drug-likeness (QED) is 0.808. The molecule has 1 N–H and O–H groups in total. The maximum absolute atomic E-state index is 5.65. The summed E-state index contributed by atoms with van der Waals surface area (Å²) in [5.41, 5.74) is 1.27. The van der Waals surface area contributed by atoms with Crippen molar-refractivity contribution in [3.8, 4) is 5.75 Å². The van der Waals surface area contributed by atoms with Crippen LogP contribution in [0.4, 0.5) is 0 Å². The minimum atomic E-state index is 0.338. The SMILES string of the molecule is CC.CNC1COc2cc3ccccc3cc21. The zero-order valence-electron chi connectivity index (χ0n) is 10.7. The lowest BCUT2D eigenvalue weighted by Crippen LogP contribution is -2.17. The molecule has 0 aromatic heterocycles. The average Bonchev–Trinajstić information content (AvgIpc) is 2.80. The third-order valence-electron chi connectivity index (χ3n) is 3.01. The summed E-state index contributed by atoms with van der Waals surface area (Å²) in [6, 6.07) is 13.1. The van der Waals surface area contributed by atoms with Crippen molar-refractivity contribution in [2.24, 2.45) is 0 Å². The van der Waals surface area contributed by atoms with Crippen molar-refractivity contribution in [2.75, 3.05) is 13.7 Å². The van der Waals surface area contributed by atoms with Crippen LogP contribution >= 0.6 is 0 Å². The molecule has 1 heterocycles. The third kappa shape index (κ3) is 2.13. The lowest BCUT2D eigenvalue weighted by atomic mass is 10.0. The minimum absolute atomic E-state index is 0.338. The smallest absolute Gasteiger partial charge is 0.124 e. The van der Waals surface area contributed by atoms with Crippen molar-refractivity contribution in [1.82, 2.24) is 5.32 Å². The Morgan fingerprint density at radius 2 is 1.76 bits per heavy atom. The van der Waals surface area contributed by atoms with Gasteiger partial charge in [0, 0.05) is 5.56 Å². The summed E-state index contributed by atoms with van der Waals surface area (Å²) in [4.78, 5) is 0. The Labute approximate surface area is 103 Å². The molecule has 0 saturated heterocycles. The van der Waals surface area contributed by atoms with Gasteiger partial charge in [-0.1, -0.05) is 38.1 Å². The van der Waals surface area contributed by atoms with Gasteiger partial charge in [0.1, 0.15) is 12.4 Å². The molecule has 2 aromatic rings. The van der Waals surface area contributed by atoms with E-state index in [9.17, 15) is 0 Å². The molecule has 0 bridgehead atoms. The zero-order valence-corrected chi connectivity index (χ0v) is 10.7. The Hall–Kier alpha value is -1.54. The van der Waals surface area contributed by atoms with Crippen LogP contribution in [-0.4, -0.2) is 13.7 Å². The molecule has 17 heavy (non-hydrogen) atoms. The fraction of sp³-hybridized carbons (Fsp3) is 0.333. The summed E-state index contributed by atoms with van der Waals surface area (Å²) in [5.74, 6) is 1.02. The molecule has 1 aliphatic heterocycles. The van der Waals surface area contributed by atoms with Gasteiger partial charge >= 0.3 is 0 Å². The molecule has 90 valence electrons. The highest BCUT2D eigenvalue weighted by Gasteiger charge is 2.22. The lowest BCUT2D eigenvalue weighted by molar-refractivity contribution is 0.318. The van der Waals surface area contributed by atoms with Crippen LogP contribution in [0, 0.1) is 0 Å². The Balaban J connectivity index is 0.000000514. The van der Waals surface area contributed by atoms with Gasteiger partial charge in [0.15, 0.2) is 0 Å². The highest BCUT2D eigenvalue weighted by Crippen LogP contribution is 2.35. The monoisotopic (exact) mass is 229 g/mol. The van der Waals surface area contributed by atoms with Crippen molar-refractivity contribution in [3.63, 3.8) is 0 Å². The Bertz CT molecular complexity index is 507. The van der Waals surface area contributed by atoms with Crippen LogP contribution in [0.1, 0.15) is 25.5 Å². The first-order chi connectivity index (χ1) is 8.38. The molecule has 0 amide bonds. The molecular weight excluding hydrogens is 210 g/mol. The van der Waals surface area contributed by atoms with E-state index in [0.717, 1.165) is 12.4 Å². The molecule has 3 rings (SSSR count). The van der Waals surface area contributed by atoms with Gasteiger partial charge in [0.05, 0.1) is 6.04 Å². The highest BCUT2D eigenvalue weighted by molar-refractivity contribution is 5.85. The van der Waals surface area contributed by atoms with Gasteiger partial charge in [-0.3, -0.25) is 0 Å². The van der Waals surface area contributed by atoms with E-state index < -0.39 is 0 Å². The second-order valence-electron chi connectivity index (χ2n) is 3.89. The van der Waals surface area contributed by atoms with E-state index in [2.05, 4.69) is 41.7 Å². The standard InChI is InChI=1S/C13H13NO.C2H6/c1-14-12-8-15-13-7-10-5-3-2-4-9(10)6-11(12)13;1-2/h2-7,12,14H,8H2,1H3;1-2H3. The third-order valence-corrected chi connectivity index (χ3v) is 3.01.